The molecule has 3 N–H and O–H groups in total. The second-order valence-corrected chi connectivity index (χ2v) is 7.03. The Kier molecular flexibility index (Phi) is 10.1. The van der Waals surface area contributed by atoms with Gasteiger partial charge in [0.25, 0.3) is 0 Å². The number of hydrogen-bond donors (Lipinski definition) is 3. The molecule has 28 heavy (non-hydrogen) atoms. The van der Waals surface area contributed by atoms with E-state index in [1.54, 1.807) is 7.11 Å². The lowest BCUT2D eigenvalue weighted by molar-refractivity contribution is -0.130. The largest absolute Gasteiger partial charge is 0.493 e. The zero-order valence-corrected chi connectivity index (χ0v) is 16.9. The molecule has 0 radical (unpaired) electrons. The number of Topliss-reactive ketones (excluding diaryl/α,β-unsaturated/α-hetero) is 2. The van der Waals surface area contributed by atoms with E-state index in [4.69, 9.17) is 24.8 Å². The number of rotatable bonds is 8. The molecule has 0 atom stereocenters. The Morgan fingerprint density at radius 3 is 1.96 bits per heavy atom. The van der Waals surface area contributed by atoms with Gasteiger partial charge in [0.05, 0.1) is 40.0 Å². The molecule has 7 nitrogen and oxygen atoms in total. The molecule has 158 valence electrons. The van der Waals surface area contributed by atoms with Gasteiger partial charge in [0.2, 0.25) is 0 Å². The lowest BCUT2D eigenvalue weighted by Crippen LogP contribution is -2.32. The number of hydrogen-bond acceptors (Lipinski definition) is 7. The van der Waals surface area contributed by atoms with E-state index in [1.807, 2.05) is 32.0 Å². The summed E-state index contributed by atoms with van der Waals surface area (Å²) in [4.78, 5) is 23.0. The van der Waals surface area contributed by atoms with Gasteiger partial charge in [-0.2, -0.15) is 0 Å². The fraction of sp³-hybridized carbons (Fsp3) is 0.619. The Bertz CT molecular complexity index is 604. The number of carbonyl (C=O) groups excluding carboxylic acids is 2. The first kappa shape index (κ1) is 24.1. The third-order valence-electron chi connectivity index (χ3n) is 5.06. The summed E-state index contributed by atoms with van der Waals surface area (Å²) in [6.45, 7) is 3.83. The number of carbonyl (C=O) groups is 2. The summed E-state index contributed by atoms with van der Waals surface area (Å²) < 4.78 is 10.7. The van der Waals surface area contributed by atoms with E-state index in [0.29, 0.717) is 37.4 Å². The monoisotopic (exact) mass is 396 g/mol. The van der Waals surface area contributed by atoms with Gasteiger partial charge in [-0.1, -0.05) is 13.0 Å². The van der Waals surface area contributed by atoms with Crippen LogP contribution in [0.3, 0.4) is 0 Å². The van der Waals surface area contributed by atoms with Crippen LogP contribution in [-0.2, 0) is 9.59 Å². The first-order valence-electron chi connectivity index (χ1n) is 9.55. The molecular weight excluding hydrogens is 364 g/mol. The molecule has 7 heteroatoms. The van der Waals surface area contributed by atoms with Gasteiger partial charge in [0.1, 0.15) is 11.6 Å². The molecule has 1 fully saturated rings. The molecule has 0 bridgehead atoms. The topological polar surface area (TPSA) is 113 Å². The average molecular weight is 396 g/mol. The Morgan fingerprint density at radius 2 is 1.57 bits per heavy atom. The molecule has 0 spiro atoms. The normalized spacial score (nSPS) is 15.1. The van der Waals surface area contributed by atoms with E-state index in [-0.39, 0.29) is 43.7 Å². The Hall–Kier alpha value is -1.96. The van der Waals surface area contributed by atoms with Gasteiger partial charge in [0, 0.05) is 18.3 Å². The first-order chi connectivity index (χ1) is 13.4. The average Bonchev–Trinajstić information content (AvgIpc) is 2.70. The minimum Gasteiger partial charge on any atom is -0.493 e. The summed E-state index contributed by atoms with van der Waals surface area (Å²) >= 11 is 0. The summed E-state index contributed by atoms with van der Waals surface area (Å²) in [6.07, 6.45) is 1.55. The maximum Gasteiger partial charge on any atom is 0.161 e. The molecule has 0 aromatic heterocycles. The van der Waals surface area contributed by atoms with Crippen molar-refractivity contribution < 1.29 is 34.4 Å². The van der Waals surface area contributed by atoms with Crippen LogP contribution >= 0.6 is 0 Å². The molecule has 1 saturated carbocycles. The highest BCUT2D eigenvalue weighted by molar-refractivity contribution is 6.02. The van der Waals surface area contributed by atoms with Crippen molar-refractivity contribution in [3.63, 3.8) is 0 Å². The number of aliphatic hydroxyl groups is 3. The number of aliphatic hydroxyl groups excluding tert-OH is 3. The lowest BCUT2D eigenvalue weighted by atomic mass is 9.82. The van der Waals surface area contributed by atoms with E-state index in [2.05, 4.69) is 0 Å². The highest BCUT2D eigenvalue weighted by Crippen LogP contribution is 2.35. The van der Waals surface area contributed by atoms with Crippen LogP contribution in [0, 0.1) is 5.41 Å². The predicted octanol–water partition coefficient (Wildman–Crippen LogP) is 1.86. The molecular formula is C21H32O7. The number of ether oxygens (including phenoxy) is 2. The van der Waals surface area contributed by atoms with E-state index >= 15 is 0 Å². The quantitative estimate of drug-likeness (QED) is 0.575. The van der Waals surface area contributed by atoms with Crippen LogP contribution in [0.4, 0.5) is 0 Å². The first-order valence-corrected chi connectivity index (χ1v) is 9.55. The van der Waals surface area contributed by atoms with Crippen LogP contribution in [0.1, 0.15) is 51.0 Å². The maximum absolute atomic E-state index is 11.5. The summed E-state index contributed by atoms with van der Waals surface area (Å²) in [5.74, 6) is 1.34. The molecule has 1 aliphatic carbocycles. The summed E-state index contributed by atoms with van der Waals surface area (Å²) in [6, 6.07) is 5.60. The molecule has 1 aliphatic rings. The van der Waals surface area contributed by atoms with Crippen molar-refractivity contribution in [3.8, 4) is 11.5 Å². The van der Waals surface area contributed by atoms with Crippen molar-refractivity contribution in [1.29, 1.82) is 0 Å². The van der Waals surface area contributed by atoms with Crippen LogP contribution in [0.2, 0.25) is 0 Å². The van der Waals surface area contributed by atoms with Crippen LogP contribution in [-0.4, -0.2) is 60.4 Å². The minimum absolute atomic E-state index is 0.0223. The second-order valence-electron chi connectivity index (χ2n) is 7.03. The Balaban J connectivity index is 0.000000370. The number of benzene rings is 1. The van der Waals surface area contributed by atoms with E-state index in [9.17, 15) is 9.59 Å². The predicted molar refractivity (Wildman–Crippen MR) is 105 cm³/mol. The highest BCUT2D eigenvalue weighted by atomic mass is 16.5. The van der Waals surface area contributed by atoms with Gasteiger partial charge in [-0.05, 0) is 37.0 Å². The van der Waals surface area contributed by atoms with Crippen molar-refractivity contribution in [2.45, 2.75) is 45.4 Å². The molecule has 2 rings (SSSR count). The van der Waals surface area contributed by atoms with E-state index < -0.39 is 5.41 Å². The summed E-state index contributed by atoms with van der Waals surface area (Å²) in [7, 11) is 1.58. The second kappa shape index (κ2) is 11.8. The molecule has 1 aromatic rings. The zero-order chi connectivity index (χ0) is 21.2. The van der Waals surface area contributed by atoms with Crippen LogP contribution in [0.5, 0.6) is 11.5 Å². The van der Waals surface area contributed by atoms with Crippen molar-refractivity contribution in [1.82, 2.24) is 0 Å². The molecule has 0 amide bonds. The summed E-state index contributed by atoms with van der Waals surface area (Å²) in [5.41, 5.74) is 0.293. The van der Waals surface area contributed by atoms with E-state index in [1.165, 1.54) is 0 Å². The van der Waals surface area contributed by atoms with Crippen molar-refractivity contribution in [3.05, 3.63) is 23.8 Å². The van der Waals surface area contributed by atoms with Gasteiger partial charge in [0.15, 0.2) is 11.5 Å². The fourth-order valence-electron chi connectivity index (χ4n) is 2.92. The van der Waals surface area contributed by atoms with Crippen LogP contribution in [0.25, 0.3) is 0 Å². The molecule has 0 heterocycles. The number of methoxy groups -OCH3 is 1. The fourth-order valence-corrected chi connectivity index (χ4v) is 2.92. The van der Waals surface area contributed by atoms with Crippen LogP contribution < -0.4 is 9.47 Å². The van der Waals surface area contributed by atoms with Gasteiger partial charge in [-0.3, -0.25) is 9.59 Å². The maximum atomic E-state index is 11.5. The van der Waals surface area contributed by atoms with E-state index in [0.717, 1.165) is 5.56 Å². The highest BCUT2D eigenvalue weighted by Gasteiger charge is 2.27. The summed E-state index contributed by atoms with van der Waals surface area (Å²) in [5, 5.41) is 26.0. The SMILES string of the molecule is CCC(CO)(CO)CO.CCOc1ccc(C2CC(=O)CC(=O)C2)cc1OC. The van der Waals surface area contributed by atoms with Crippen LogP contribution in [0.15, 0.2) is 18.2 Å². The molecule has 0 saturated heterocycles. The lowest BCUT2D eigenvalue weighted by Gasteiger charge is -2.24. The van der Waals surface area contributed by atoms with Gasteiger partial charge < -0.3 is 24.8 Å². The van der Waals surface area contributed by atoms with Gasteiger partial charge in [-0.25, -0.2) is 0 Å². The third-order valence-corrected chi connectivity index (χ3v) is 5.06. The molecule has 0 unspecified atom stereocenters. The molecule has 0 aliphatic heterocycles. The minimum atomic E-state index is -0.667. The van der Waals surface area contributed by atoms with Gasteiger partial charge >= 0.3 is 0 Å². The van der Waals surface area contributed by atoms with Crippen molar-refractivity contribution in [2.75, 3.05) is 33.5 Å². The third kappa shape index (κ3) is 6.58. The Labute approximate surface area is 166 Å². The van der Waals surface area contributed by atoms with Crippen molar-refractivity contribution in [2.24, 2.45) is 5.41 Å². The van der Waals surface area contributed by atoms with Gasteiger partial charge in [-0.15, -0.1) is 0 Å². The standard InChI is InChI=1S/C15H18O4.C6H14O3/c1-3-19-14-5-4-10(8-15(14)18-2)11-6-12(16)9-13(17)7-11;1-2-6(3-7,4-8)5-9/h4-5,8,11H,3,6-7,9H2,1-2H3;7-9H,2-5H2,1H3. The zero-order valence-electron chi connectivity index (χ0n) is 16.9. The smallest absolute Gasteiger partial charge is 0.161 e. The van der Waals surface area contributed by atoms with Crippen molar-refractivity contribution >= 4 is 11.6 Å². The Morgan fingerprint density at radius 1 is 1.00 bits per heavy atom. The number of ketones is 2. The molecule has 1 aromatic carbocycles.